The maximum Gasteiger partial charge on any atom is 0.248 e. The van der Waals surface area contributed by atoms with Crippen molar-refractivity contribution < 1.29 is 9.18 Å². The Bertz CT molecular complexity index is 545. The molecule has 4 heteroatoms. The van der Waals surface area contributed by atoms with Crippen LogP contribution in [-0.4, -0.2) is 5.24 Å². The molecule has 0 fully saturated rings. The summed E-state index contributed by atoms with van der Waals surface area (Å²) < 4.78 is 13.7. The van der Waals surface area contributed by atoms with E-state index in [2.05, 4.69) is 5.32 Å². The fraction of sp³-hybridized carbons (Fsp3) is 0.0714. The summed E-state index contributed by atoms with van der Waals surface area (Å²) >= 11 is 5.53. The third-order valence-corrected chi connectivity index (χ3v) is 2.75. The van der Waals surface area contributed by atoms with Crippen LogP contribution in [-0.2, 0) is 4.79 Å². The molecule has 0 radical (unpaired) electrons. The van der Waals surface area contributed by atoms with Gasteiger partial charge in [0.15, 0.2) is 0 Å². The topological polar surface area (TPSA) is 29.1 Å². The summed E-state index contributed by atoms with van der Waals surface area (Å²) in [5, 5.41) is 2.26. The maximum atomic E-state index is 13.7. The Morgan fingerprint density at radius 2 is 1.67 bits per heavy atom. The molecule has 0 saturated heterocycles. The SMILES string of the molecule is O=C(Cl)C(Nc1ccccc1)c1ccccc1F. The van der Waals surface area contributed by atoms with E-state index in [1.165, 1.54) is 12.1 Å². The molecule has 1 N–H and O–H groups in total. The fourth-order valence-electron chi connectivity index (χ4n) is 1.67. The highest BCUT2D eigenvalue weighted by Crippen LogP contribution is 2.23. The Morgan fingerprint density at radius 1 is 1.06 bits per heavy atom. The minimum Gasteiger partial charge on any atom is -0.371 e. The van der Waals surface area contributed by atoms with Gasteiger partial charge >= 0.3 is 0 Å². The monoisotopic (exact) mass is 263 g/mol. The predicted molar refractivity (Wildman–Crippen MR) is 70.1 cm³/mol. The van der Waals surface area contributed by atoms with Crippen molar-refractivity contribution in [2.45, 2.75) is 6.04 Å². The zero-order valence-electron chi connectivity index (χ0n) is 9.44. The van der Waals surface area contributed by atoms with Crippen molar-refractivity contribution >= 4 is 22.5 Å². The molecule has 18 heavy (non-hydrogen) atoms. The molecule has 2 nitrogen and oxygen atoms in total. The number of hydrogen-bond donors (Lipinski definition) is 1. The standard InChI is InChI=1S/C14H11ClFNO/c15-14(18)13(11-8-4-5-9-12(11)16)17-10-6-2-1-3-7-10/h1-9,13,17H. The minimum atomic E-state index is -0.893. The lowest BCUT2D eigenvalue weighted by atomic mass is 10.1. The quantitative estimate of drug-likeness (QED) is 0.852. The minimum absolute atomic E-state index is 0.237. The first-order valence-electron chi connectivity index (χ1n) is 5.44. The number of rotatable bonds is 4. The van der Waals surface area contributed by atoms with Gasteiger partial charge in [-0.25, -0.2) is 4.39 Å². The molecule has 0 aliphatic rings. The van der Waals surface area contributed by atoms with Gasteiger partial charge in [-0.15, -0.1) is 0 Å². The average molecular weight is 264 g/mol. The van der Waals surface area contributed by atoms with Gasteiger partial charge in [-0.3, -0.25) is 4.79 Å². The van der Waals surface area contributed by atoms with Crippen molar-refractivity contribution in [2.75, 3.05) is 5.32 Å². The molecule has 2 aromatic rings. The van der Waals surface area contributed by atoms with E-state index in [1.54, 1.807) is 24.3 Å². The third-order valence-electron chi connectivity index (χ3n) is 2.53. The van der Waals surface area contributed by atoms with Gasteiger partial charge in [-0.1, -0.05) is 36.4 Å². The van der Waals surface area contributed by atoms with Crippen molar-refractivity contribution in [1.29, 1.82) is 0 Å². The first-order valence-corrected chi connectivity index (χ1v) is 5.81. The summed E-state index contributed by atoms with van der Waals surface area (Å²) in [5.74, 6) is -0.458. The highest BCUT2D eigenvalue weighted by atomic mass is 35.5. The number of nitrogens with one attached hydrogen (secondary N) is 1. The van der Waals surface area contributed by atoms with E-state index in [9.17, 15) is 9.18 Å². The molecule has 92 valence electrons. The van der Waals surface area contributed by atoms with Gasteiger partial charge in [0.05, 0.1) is 0 Å². The van der Waals surface area contributed by atoms with E-state index in [-0.39, 0.29) is 5.56 Å². The molecular weight excluding hydrogens is 253 g/mol. The van der Waals surface area contributed by atoms with E-state index < -0.39 is 17.1 Å². The third kappa shape index (κ3) is 2.87. The van der Waals surface area contributed by atoms with Crippen LogP contribution < -0.4 is 5.32 Å². The van der Waals surface area contributed by atoms with Gasteiger partial charge in [-0.2, -0.15) is 0 Å². The summed E-state index contributed by atoms with van der Waals surface area (Å²) in [6, 6.07) is 14.2. The van der Waals surface area contributed by atoms with Crippen LogP contribution in [0.2, 0.25) is 0 Å². The average Bonchev–Trinajstić information content (AvgIpc) is 2.38. The van der Waals surface area contributed by atoms with Crippen LogP contribution in [0.4, 0.5) is 10.1 Å². The summed E-state index contributed by atoms with van der Waals surface area (Å²) in [6.45, 7) is 0. The number of carbonyl (C=O) groups excluding carboxylic acids is 1. The molecular formula is C14H11ClFNO. The van der Waals surface area contributed by atoms with E-state index >= 15 is 0 Å². The van der Waals surface area contributed by atoms with Crippen LogP contribution in [0.25, 0.3) is 0 Å². The van der Waals surface area contributed by atoms with Gasteiger partial charge in [0.1, 0.15) is 11.9 Å². The summed E-state index contributed by atoms with van der Waals surface area (Å²) in [7, 11) is 0. The molecule has 0 bridgehead atoms. The Morgan fingerprint density at radius 3 is 2.28 bits per heavy atom. The molecule has 0 aromatic heterocycles. The number of benzene rings is 2. The van der Waals surface area contributed by atoms with Crippen molar-refractivity contribution in [2.24, 2.45) is 0 Å². The molecule has 0 aliphatic carbocycles. The lowest BCUT2D eigenvalue weighted by molar-refractivity contribution is -0.112. The number of hydrogen-bond acceptors (Lipinski definition) is 2. The van der Waals surface area contributed by atoms with Crippen molar-refractivity contribution in [3.8, 4) is 0 Å². The molecule has 0 amide bonds. The van der Waals surface area contributed by atoms with Crippen LogP contribution >= 0.6 is 11.6 Å². The Labute approximate surface area is 109 Å². The van der Waals surface area contributed by atoms with Crippen molar-refractivity contribution in [3.63, 3.8) is 0 Å². The molecule has 0 spiro atoms. The van der Waals surface area contributed by atoms with Crippen molar-refractivity contribution in [3.05, 3.63) is 66.0 Å². The highest BCUT2D eigenvalue weighted by Gasteiger charge is 2.21. The second kappa shape index (κ2) is 5.65. The van der Waals surface area contributed by atoms with Crippen molar-refractivity contribution in [1.82, 2.24) is 0 Å². The van der Waals surface area contributed by atoms with Crippen LogP contribution in [0.3, 0.4) is 0 Å². The molecule has 0 heterocycles. The Hall–Kier alpha value is -1.87. The van der Waals surface area contributed by atoms with Crippen LogP contribution in [0.5, 0.6) is 0 Å². The van der Waals surface area contributed by atoms with E-state index in [0.717, 1.165) is 0 Å². The lowest BCUT2D eigenvalue weighted by Crippen LogP contribution is -2.18. The van der Waals surface area contributed by atoms with Crippen LogP contribution in [0, 0.1) is 5.82 Å². The van der Waals surface area contributed by atoms with E-state index in [4.69, 9.17) is 11.6 Å². The number of halogens is 2. The van der Waals surface area contributed by atoms with E-state index in [0.29, 0.717) is 5.69 Å². The molecule has 2 rings (SSSR count). The zero-order chi connectivity index (χ0) is 13.0. The maximum absolute atomic E-state index is 13.7. The fourth-order valence-corrected chi connectivity index (χ4v) is 1.84. The van der Waals surface area contributed by atoms with Gasteiger partial charge in [0.25, 0.3) is 0 Å². The van der Waals surface area contributed by atoms with Gasteiger partial charge in [-0.05, 0) is 29.8 Å². The smallest absolute Gasteiger partial charge is 0.248 e. The molecule has 0 aliphatic heterocycles. The summed E-state index contributed by atoms with van der Waals surface area (Å²) in [4.78, 5) is 11.4. The number of anilines is 1. The summed E-state index contributed by atoms with van der Waals surface area (Å²) in [6.07, 6.45) is 0. The Kier molecular flexibility index (Phi) is 3.95. The lowest BCUT2D eigenvalue weighted by Gasteiger charge is -2.16. The molecule has 2 aromatic carbocycles. The predicted octanol–water partition coefficient (Wildman–Crippen LogP) is 3.74. The van der Waals surface area contributed by atoms with Gasteiger partial charge in [0, 0.05) is 11.3 Å². The second-order valence-corrected chi connectivity index (χ2v) is 4.14. The zero-order valence-corrected chi connectivity index (χ0v) is 10.2. The summed E-state index contributed by atoms with van der Waals surface area (Å²) in [5.41, 5.74) is 0.945. The largest absolute Gasteiger partial charge is 0.371 e. The first-order chi connectivity index (χ1) is 8.68. The highest BCUT2D eigenvalue weighted by molar-refractivity contribution is 6.64. The normalized spacial score (nSPS) is 11.9. The molecule has 1 unspecified atom stereocenters. The number of para-hydroxylation sites is 1. The number of carbonyl (C=O) groups is 1. The van der Waals surface area contributed by atoms with E-state index in [1.807, 2.05) is 18.2 Å². The molecule has 1 atom stereocenters. The second-order valence-electron chi connectivity index (χ2n) is 3.77. The Balaban J connectivity index is 2.30. The van der Waals surface area contributed by atoms with Gasteiger partial charge in [0.2, 0.25) is 5.24 Å². The van der Waals surface area contributed by atoms with Gasteiger partial charge < -0.3 is 5.32 Å². The molecule has 0 saturated carbocycles. The first kappa shape index (κ1) is 12.6. The van der Waals surface area contributed by atoms with Crippen LogP contribution in [0.15, 0.2) is 54.6 Å². The van der Waals surface area contributed by atoms with Crippen LogP contribution in [0.1, 0.15) is 11.6 Å².